The number of rotatable bonds is 5. The van der Waals surface area contributed by atoms with Gasteiger partial charge in [0, 0.05) is 12.6 Å². The Morgan fingerprint density at radius 2 is 1.35 bits per heavy atom. The molecule has 2 N–H and O–H groups in total. The lowest BCUT2D eigenvalue weighted by Crippen LogP contribution is -2.09. The normalized spacial score (nSPS) is 10.3. The molecular formula is C13H22ClNO2. The molecule has 0 bridgehead atoms. The molecule has 1 aromatic carbocycles. The highest BCUT2D eigenvalue weighted by Crippen LogP contribution is 2.24. The van der Waals surface area contributed by atoms with E-state index in [1.54, 1.807) is 0 Å². The van der Waals surface area contributed by atoms with Crippen LogP contribution in [0.4, 0.5) is 0 Å². The van der Waals surface area contributed by atoms with Crippen LogP contribution in [0.1, 0.15) is 33.3 Å². The molecule has 98 valence electrons. The van der Waals surface area contributed by atoms with Crippen molar-refractivity contribution >= 4 is 12.4 Å². The van der Waals surface area contributed by atoms with E-state index in [-0.39, 0.29) is 24.6 Å². The van der Waals surface area contributed by atoms with E-state index in [0.29, 0.717) is 6.54 Å². The van der Waals surface area contributed by atoms with E-state index in [0.717, 1.165) is 17.1 Å². The number of hydrogen-bond donors (Lipinski definition) is 1. The minimum atomic E-state index is 0. The molecule has 0 unspecified atom stereocenters. The molecule has 0 atom stereocenters. The fourth-order valence-electron chi connectivity index (χ4n) is 1.43. The van der Waals surface area contributed by atoms with E-state index in [1.807, 2.05) is 45.9 Å². The summed E-state index contributed by atoms with van der Waals surface area (Å²) in [4.78, 5) is 0. The predicted molar refractivity (Wildman–Crippen MR) is 73.1 cm³/mol. The van der Waals surface area contributed by atoms with Crippen LogP contribution in [0.5, 0.6) is 11.5 Å². The predicted octanol–water partition coefficient (Wildman–Crippen LogP) is 3.14. The first-order valence-electron chi connectivity index (χ1n) is 5.68. The van der Waals surface area contributed by atoms with Gasteiger partial charge in [0.1, 0.15) is 11.5 Å². The van der Waals surface area contributed by atoms with E-state index >= 15 is 0 Å². The largest absolute Gasteiger partial charge is 0.491 e. The van der Waals surface area contributed by atoms with Crippen LogP contribution in [0.2, 0.25) is 0 Å². The highest BCUT2D eigenvalue weighted by molar-refractivity contribution is 5.85. The van der Waals surface area contributed by atoms with E-state index in [4.69, 9.17) is 15.2 Å². The summed E-state index contributed by atoms with van der Waals surface area (Å²) in [5, 5.41) is 0. The SMILES string of the molecule is CC(C)Oc1cc(CN)cc(OC(C)C)c1.Cl. The summed E-state index contributed by atoms with van der Waals surface area (Å²) in [6.45, 7) is 8.48. The summed E-state index contributed by atoms with van der Waals surface area (Å²) in [5.74, 6) is 1.63. The topological polar surface area (TPSA) is 44.5 Å². The third-order valence-corrected chi connectivity index (χ3v) is 1.92. The van der Waals surface area contributed by atoms with E-state index in [9.17, 15) is 0 Å². The van der Waals surface area contributed by atoms with Gasteiger partial charge in [-0.25, -0.2) is 0 Å². The molecule has 0 saturated heterocycles. The van der Waals surface area contributed by atoms with Crippen LogP contribution in [-0.2, 0) is 6.54 Å². The molecule has 1 rings (SSSR count). The molecule has 0 aliphatic rings. The highest BCUT2D eigenvalue weighted by Gasteiger charge is 2.05. The summed E-state index contributed by atoms with van der Waals surface area (Å²) in [5.41, 5.74) is 6.66. The summed E-state index contributed by atoms with van der Waals surface area (Å²) in [7, 11) is 0. The van der Waals surface area contributed by atoms with Crippen molar-refractivity contribution in [1.29, 1.82) is 0 Å². The Balaban J connectivity index is 0.00000256. The van der Waals surface area contributed by atoms with Gasteiger partial charge in [0.15, 0.2) is 0 Å². The number of halogens is 1. The van der Waals surface area contributed by atoms with Crippen LogP contribution in [0.15, 0.2) is 18.2 Å². The van der Waals surface area contributed by atoms with Crippen molar-refractivity contribution in [3.8, 4) is 11.5 Å². The maximum Gasteiger partial charge on any atom is 0.123 e. The molecule has 3 nitrogen and oxygen atoms in total. The fourth-order valence-corrected chi connectivity index (χ4v) is 1.43. The van der Waals surface area contributed by atoms with Gasteiger partial charge in [-0.2, -0.15) is 0 Å². The van der Waals surface area contributed by atoms with Crippen LogP contribution < -0.4 is 15.2 Å². The minimum absolute atomic E-state index is 0. The Kier molecular flexibility index (Phi) is 7.00. The monoisotopic (exact) mass is 259 g/mol. The average Bonchev–Trinajstić information content (AvgIpc) is 2.14. The molecule has 0 aliphatic carbocycles. The lowest BCUT2D eigenvalue weighted by Gasteiger charge is -2.15. The Morgan fingerprint density at radius 3 is 1.65 bits per heavy atom. The highest BCUT2D eigenvalue weighted by atomic mass is 35.5. The Labute approximate surface area is 110 Å². The third kappa shape index (κ3) is 5.80. The molecule has 0 spiro atoms. The summed E-state index contributed by atoms with van der Waals surface area (Å²) >= 11 is 0. The van der Waals surface area contributed by atoms with Gasteiger partial charge in [-0.15, -0.1) is 12.4 Å². The number of benzene rings is 1. The molecule has 4 heteroatoms. The smallest absolute Gasteiger partial charge is 0.123 e. The van der Waals surface area contributed by atoms with Crippen LogP contribution in [-0.4, -0.2) is 12.2 Å². The van der Waals surface area contributed by atoms with Crippen molar-refractivity contribution in [3.63, 3.8) is 0 Å². The quantitative estimate of drug-likeness (QED) is 0.884. The van der Waals surface area contributed by atoms with Gasteiger partial charge in [0.05, 0.1) is 12.2 Å². The van der Waals surface area contributed by atoms with Gasteiger partial charge in [-0.05, 0) is 45.4 Å². The maximum atomic E-state index is 5.64. The maximum absolute atomic E-state index is 5.64. The fraction of sp³-hybridized carbons (Fsp3) is 0.538. The standard InChI is InChI=1S/C13H21NO2.ClH/c1-9(2)15-12-5-11(8-14)6-13(7-12)16-10(3)4;/h5-7,9-10H,8,14H2,1-4H3;1H. The van der Waals surface area contributed by atoms with Crippen molar-refractivity contribution in [2.24, 2.45) is 5.73 Å². The molecule has 0 radical (unpaired) electrons. The minimum Gasteiger partial charge on any atom is -0.491 e. The first-order chi connectivity index (χ1) is 7.51. The van der Waals surface area contributed by atoms with E-state index in [2.05, 4.69) is 0 Å². The average molecular weight is 260 g/mol. The summed E-state index contributed by atoms with van der Waals surface area (Å²) < 4.78 is 11.3. The molecular weight excluding hydrogens is 238 g/mol. The molecule has 0 amide bonds. The van der Waals surface area contributed by atoms with Crippen molar-refractivity contribution in [2.75, 3.05) is 0 Å². The molecule has 0 fully saturated rings. The van der Waals surface area contributed by atoms with Gasteiger partial charge in [0.2, 0.25) is 0 Å². The number of ether oxygens (including phenoxy) is 2. The van der Waals surface area contributed by atoms with E-state index in [1.165, 1.54) is 0 Å². The number of hydrogen-bond acceptors (Lipinski definition) is 3. The second-order valence-electron chi connectivity index (χ2n) is 4.35. The van der Waals surface area contributed by atoms with Crippen molar-refractivity contribution in [1.82, 2.24) is 0 Å². The lowest BCUT2D eigenvalue weighted by molar-refractivity contribution is 0.229. The van der Waals surface area contributed by atoms with Crippen LogP contribution >= 0.6 is 12.4 Å². The zero-order chi connectivity index (χ0) is 12.1. The van der Waals surface area contributed by atoms with Gasteiger partial charge >= 0.3 is 0 Å². The lowest BCUT2D eigenvalue weighted by atomic mass is 10.2. The Hall–Kier alpha value is -0.930. The van der Waals surface area contributed by atoms with Gasteiger partial charge in [-0.3, -0.25) is 0 Å². The first-order valence-corrected chi connectivity index (χ1v) is 5.68. The van der Waals surface area contributed by atoms with Gasteiger partial charge < -0.3 is 15.2 Å². The zero-order valence-corrected chi connectivity index (χ0v) is 11.7. The third-order valence-electron chi connectivity index (χ3n) is 1.92. The molecule has 0 heterocycles. The van der Waals surface area contributed by atoms with Crippen LogP contribution in [0.25, 0.3) is 0 Å². The van der Waals surface area contributed by atoms with Crippen molar-refractivity contribution in [2.45, 2.75) is 46.4 Å². The van der Waals surface area contributed by atoms with Gasteiger partial charge in [0.25, 0.3) is 0 Å². The Bertz CT molecular complexity index is 312. The second kappa shape index (κ2) is 7.41. The molecule has 1 aromatic rings. The molecule has 0 saturated carbocycles. The first kappa shape index (κ1) is 16.1. The summed E-state index contributed by atoms with van der Waals surface area (Å²) in [6.07, 6.45) is 0.305. The Morgan fingerprint density at radius 1 is 0.941 bits per heavy atom. The van der Waals surface area contributed by atoms with Gasteiger partial charge in [-0.1, -0.05) is 0 Å². The van der Waals surface area contributed by atoms with Crippen LogP contribution in [0, 0.1) is 0 Å². The molecule has 0 aliphatic heterocycles. The molecule has 0 aromatic heterocycles. The van der Waals surface area contributed by atoms with E-state index < -0.39 is 0 Å². The van der Waals surface area contributed by atoms with Crippen LogP contribution in [0.3, 0.4) is 0 Å². The van der Waals surface area contributed by atoms with Crippen molar-refractivity contribution in [3.05, 3.63) is 23.8 Å². The van der Waals surface area contributed by atoms with Crippen molar-refractivity contribution < 1.29 is 9.47 Å². The second-order valence-corrected chi connectivity index (χ2v) is 4.35. The molecule has 17 heavy (non-hydrogen) atoms. The summed E-state index contributed by atoms with van der Waals surface area (Å²) in [6, 6.07) is 5.81. The zero-order valence-electron chi connectivity index (χ0n) is 10.9. The number of nitrogens with two attached hydrogens (primary N) is 1.